The number of aliphatic hydroxyl groups is 2. The van der Waals surface area contributed by atoms with Crippen molar-refractivity contribution < 1.29 is 39.5 Å². The number of benzene rings is 3. The number of hydrogen-bond donors (Lipinski definition) is 6. The normalized spacial score (nSPS) is 17.4. The van der Waals surface area contributed by atoms with Crippen molar-refractivity contribution in [3.63, 3.8) is 0 Å². The van der Waals surface area contributed by atoms with E-state index in [2.05, 4.69) is 10.3 Å². The molecular formula is C39H44N4O9. The first-order chi connectivity index (χ1) is 25.0. The number of rotatable bonds is 12. The first-order valence-corrected chi connectivity index (χ1v) is 17.6. The average molecular weight is 713 g/mol. The number of phenolic OH excluding ortho intramolecular Hbond substituents is 1. The number of carbonyl (C=O) groups is 3. The Morgan fingerprint density at radius 3 is 2.29 bits per heavy atom. The minimum Gasteiger partial charge on any atom is -0.506 e. The molecule has 3 heterocycles. The van der Waals surface area contributed by atoms with Gasteiger partial charge in [-0.2, -0.15) is 0 Å². The quantitative estimate of drug-likeness (QED) is 0.127. The predicted molar refractivity (Wildman–Crippen MR) is 192 cm³/mol. The zero-order valence-electron chi connectivity index (χ0n) is 28.7. The molecule has 2 aliphatic rings. The highest BCUT2D eigenvalue weighted by molar-refractivity contribution is 5.87. The van der Waals surface area contributed by atoms with Gasteiger partial charge < -0.3 is 45.3 Å². The Morgan fingerprint density at radius 2 is 1.58 bits per heavy atom. The standard InChI is InChI=1S/C39H44N4O9/c44-32-11-9-30(31-10-12-34(46)41-36(31)32)33(45)23-40-22-25-13-17-43(18-14-25)37(48)26-15-19-42(20-16-26)35(47)24-52-29-8-4-7-28(21-29)39(51,38(49)50)27-5-2-1-3-6-27/h1-12,21,25-26,33,40,44-45,51H,13-20,22-24H2,(H,41,46)(H,49,50). The van der Waals surface area contributed by atoms with Gasteiger partial charge in [-0.1, -0.05) is 48.5 Å². The topological polar surface area (TPSA) is 193 Å². The smallest absolute Gasteiger partial charge is 0.345 e. The molecule has 0 radical (unpaired) electrons. The fraction of sp³-hybridized carbons (Fsp3) is 0.385. The number of carboxylic acids is 1. The van der Waals surface area contributed by atoms with E-state index in [1.807, 2.05) is 4.90 Å². The van der Waals surface area contributed by atoms with E-state index in [9.17, 15) is 39.6 Å². The Morgan fingerprint density at radius 1 is 0.885 bits per heavy atom. The van der Waals surface area contributed by atoms with Crippen molar-refractivity contribution in [2.24, 2.45) is 11.8 Å². The molecule has 52 heavy (non-hydrogen) atoms. The number of aliphatic hydroxyl groups excluding tert-OH is 1. The van der Waals surface area contributed by atoms with Crippen LogP contribution >= 0.6 is 0 Å². The van der Waals surface area contributed by atoms with E-state index in [1.165, 1.54) is 36.4 Å². The van der Waals surface area contributed by atoms with Crippen LogP contribution in [-0.4, -0.2) is 98.9 Å². The van der Waals surface area contributed by atoms with Gasteiger partial charge in [0.05, 0.1) is 11.6 Å². The molecule has 0 aliphatic carbocycles. The summed E-state index contributed by atoms with van der Waals surface area (Å²) in [4.78, 5) is 56.4. The van der Waals surface area contributed by atoms with Crippen molar-refractivity contribution in [1.29, 1.82) is 0 Å². The van der Waals surface area contributed by atoms with Crippen LogP contribution in [0.15, 0.2) is 83.7 Å². The van der Waals surface area contributed by atoms with E-state index in [-0.39, 0.29) is 52.5 Å². The Hall–Kier alpha value is -5.24. The molecule has 4 aromatic rings. The number of carboxylic acid groups (broad SMARTS) is 1. The highest BCUT2D eigenvalue weighted by atomic mass is 16.5. The zero-order valence-corrected chi connectivity index (χ0v) is 28.7. The molecule has 274 valence electrons. The van der Waals surface area contributed by atoms with Gasteiger partial charge >= 0.3 is 5.97 Å². The molecule has 13 heteroatoms. The Kier molecular flexibility index (Phi) is 11.2. The van der Waals surface area contributed by atoms with Gasteiger partial charge in [0, 0.05) is 55.7 Å². The number of phenols is 1. The van der Waals surface area contributed by atoms with Gasteiger partial charge in [-0.3, -0.25) is 14.4 Å². The summed E-state index contributed by atoms with van der Waals surface area (Å²) < 4.78 is 5.73. The van der Waals surface area contributed by atoms with Gasteiger partial charge in [0.2, 0.25) is 17.1 Å². The third-order valence-corrected chi connectivity index (χ3v) is 10.3. The molecule has 2 saturated heterocycles. The van der Waals surface area contributed by atoms with Crippen LogP contribution in [0.1, 0.15) is 48.5 Å². The van der Waals surface area contributed by atoms with E-state index in [4.69, 9.17) is 4.74 Å². The lowest BCUT2D eigenvalue weighted by Crippen LogP contribution is -2.48. The number of aromatic amines is 1. The summed E-state index contributed by atoms with van der Waals surface area (Å²) in [6.07, 6.45) is 1.95. The molecule has 3 aromatic carbocycles. The first-order valence-electron chi connectivity index (χ1n) is 17.6. The third kappa shape index (κ3) is 7.96. The molecule has 1 aromatic heterocycles. The number of aliphatic carboxylic acids is 1. The number of H-pyrrole nitrogens is 1. The largest absolute Gasteiger partial charge is 0.506 e. The van der Waals surface area contributed by atoms with Gasteiger partial charge in [0.1, 0.15) is 11.5 Å². The van der Waals surface area contributed by atoms with Crippen LogP contribution in [0.3, 0.4) is 0 Å². The second-order valence-corrected chi connectivity index (χ2v) is 13.6. The number of carbonyl (C=O) groups excluding carboxylic acids is 2. The maximum atomic E-state index is 13.4. The monoisotopic (exact) mass is 712 g/mol. The summed E-state index contributed by atoms with van der Waals surface area (Å²) in [5.41, 5.74) is -1.41. The number of pyridine rings is 1. The van der Waals surface area contributed by atoms with E-state index in [1.54, 1.807) is 47.4 Å². The number of nitrogens with zero attached hydrogens (tertiary/aromatic N) is 2. The zero-order chi connectivity index (χ0) is 36.8. The first kappa shape index (κ1) is 36.5. The Balaban J connectivity index is 0.921. The van der Waals surface area contributed by atoms with Gasteiger partial charge in [-0.15, -0.1) is 0 Å². The van der Waals surface area contributed by atoms with Crippen LogP contribution in [0.5, 0.6) is 11.5 Å². The van der Waals surface area contributed by atoms with Crippen LogP contribution < -0.4 is 15.6 Å². The summed E-state index contributed by atoms with van der Waals surface area (Å²) in [5, 5.41) is 45.9. The second kappa shape index (κ2) is 16.0. The summed E-state index contributed by atoms with van der Waals surface area (Å²) >= 11 is 0. The molecule has 2 fully saturated rings. The molecule has 2 amide bonds. The maximum Gasteiger partial charge on any atom is 0.345 e. The molecule has 2 unspecified atom stereocenters. The number of likely N-dealkylation sites (tertiary alicyclic amines) is 2. The van der Waals surface area contributed by atoms with Crippen LogP contribution in [0.4, 0.5) is 0 Å². The SMILES string of the molecule is O=C(COc1cccc(C(O)(C(=O)O)c2ccccc2)c1)N1CCC(C(=O)N2CCC(CNCC(O)c3ccc(O)c4[nH]c(=O)ccc34)CC2)CC1. The Labute approximate surface area is 300 Å². The minimum absolute atomic E-state index is 0.0542. The molecule has 6 N–H and O–H groups in total. The molecule has 0 saturated carbocycles. The molecule has 2 atom stereocenters. The van der Waals surface area contributed by atoms with Crippen molar-refractivity contribution >= 4 is 28.7 Å². The van der Waals surface area contributed by atoms with E-state index < -0.39 is 17.7 Å². The van der Waals surface area contributed by atoms with Gasteiger partial charge in [-0.05, 0) is 73.5 Å². The van der Waals surface area contributed by atoms with Crippen molar-refractivity contribution in [2.75, 3.05) is 45.9 Å². The summed E-state index contributed by atoms with van der Waals surface area (Å²) in [6.45, 7) is 2.89. The van der Waals surface area contributed by atoms with Crippen LogP contribution in [0.2, 0.25) is 0 Å². The predicted octanol–water partition coefficient (Wildman–Crippen LogP) is 2.73. The van der Waals surface area contributed by atoms with Crippen molar-refractivity contribution in [3.8, 4) is 11.5 Å². The van der Waals surface area contributed by atoms with E-state index >= 15 is 0 Å². The number of hydrogen-bond acceptors (Lipinski definition) is 9. The van der Waals surface area contributed by atoms with Gasteiger partial charge in [0.15, 0.2) is 6.61 Å². The molecule has 6 rings (SSSR count). The number of fused-ring (bicyclic) bond motifs is 1. The Bertz CT molecular complexity index is 1950. The van der Waals surface area contributed by atoms with Crippen LogP contribution in [-0.2, 0) is 20.0 Å². The van der Waals surface area contributed by atoms with Crippen molar-refractivity contribution in [2.45, 2.75) is 37.4 Å². The third-order valence-electron chi connectivity index (χ3n) is 10.3. The number of nitrogens with one attached hydrogen (secondary N) is 2. The fourth-order valence-corrected chi connectivity index (χ4v) is 7.22. The van der Waals surface area contributed by atoms with E-state index in [0.29, 0.717) is 74.5 Å². The molecule has 0 bridgehead atoms. The van der Waals surface area contributed by atoms with Crippen LogP contribution in [0, 0.1) is 11.8 Å². The molecule has 13 nitrogen and oxygen atoms in total. The summed E-state index contributed by atoms with van der Waals surface area (Å²) in [5.74, 6) is -1.16. The lowest BCUT2D eigenvalue weighted by molar-refractivity contribution is -0.155. The van der Waals surface area contributed by atoms with Crippen molar-refractivity contribution in [3.05, 3.63) is 106 Å². The average Bonchev–Trinajstić information content (AvgIpc) is 3.17. The fourth-order valence-electron chi connectivity index (χ4n) is 7.22. The van der Waals surface area contributed by atoms with Crippen molar-refractivity contribution in [1.82, 2.24) is 20.1 Å². The summed E-state index contributed by atoms with van der Waals surface area (Å²) in [6, 6.07) is 20.2. The number of ether oxygens (including phenoxy) is 1. The highest BCUT2D eigenvalue weighted by Gasteiger charge is 2.40. The lowest BCUT2D eigenvalue weighted by atomic mass is 9.86. The maximum absolute atomic E-state index is 13.4. The second-order valence-electron chi connectivity index (χ2n) is 13.6. The number of amides is 2. The number of aromatic nitrogens is 1. The lowest BCUT2D eigenvalue weighted by Gasteiger charge is -2.37. The molecule has 2 aliphatic heterocycles. The molecular weight excluding hydrogens is 668 g/mol. The highest BCUT2D eigenvalue weighted by Crippen LogP contribution is 2.33. The minimum atomic E-state index is -2.29. The molecule has 0 spiro atoms. The van der Waals surface area contributed by atoms with Crippen LogP contribution in [0.25, 0.3) is 10.9 Å². The number of piperidine rings is 2. The number of aromatic hydroxyl groups is 1. The van der Waals surface area contributed by atoms with Gasteiger partial charge in [-0.25, -0.2) is 4.79 Å². The van der Waals surface area contributed by atoms with Gasteiger partial charge in [0.25, 0.3) is 5.91 Å². The summed E-state index contributed by atoms with van der Waals surface area (Å²) in [7, 11) is 0. The van der Waals surface area contributed by atoms with E-state index in [0.717, 1.165) is 12.8 Å².